The van der Waals surface area contributed by atoms with E-state index in [9.17, 15) is 4.79 Å². The van der Waals surface area contributed by atoms with Gasteiger partial charge in [-0.05, 0) is 13.8 Å². The van der Waals surface area contributed by atoms with Gasteiger partial charge in [0.15, 0.2) is 0 Å². The van der Waals surface area contributed by atoms with Crippen LogP contribution < -0.4 is 5.32 Å². The maximum Gasteiger partial charge on any atom is 0.139 e. The molecule has 1 N–H and O–H groups in total. The molecule has 0 spiro atoms. The molecule has 2 rings (SSSR count). The zero-order chi connectivity index (χ0) is 12.6. The molecular weight excluding hydrogens is 220 g/mol. The summed E-state index contributed by atoms with van der Waals surface area (Å²) in [7, 11) is 0. The zero-order valence-electron chi connectivity index (χ0n) is 10.9. The minimum absolute atomic E-state index is 0.316. The second kappa shape index (κ2) is 7.76. The van der Waals surface area contributed by atoms with E-state index in [1.54, 1.807) is 0 Å². The Morgan fingerprint density at radius 3 is 1.94 bits per heavy atom. The van der Waals surface area contributed by atoms with Crippen LogP contribution in [0.3, 0.4) is 0 Å². The van der Waals surface area contributed by atoms with Gasteiger partial charge in [0.25, 0.3) is 0 Å². The summed E-state index contributed by atoms with van der Waals surface area (Å²) in [6.45, 7) is 10.9. The van der Waals surface area contributed by atoms with Gasteiger partial charge in [-0.25, -0.2) is 0 Å². The Morgan fingerprint density at radius 1 is 1.06 bits per heavy atom. The highest BCUT2D eigenvalue weighted by Gasteiger charge is 2.27. The highest BCUT2D eigenvalue weighted by Crippen LogP contribution is 2.12. The fourth-order valence-corrected chi connectivity index (χ4v) is 1.73. The maximum absolute atomic E-state index is 10.6. The van der Waals surface area contributed by atoms with Gasteiger partial charge in [0.1, 0.15) is 6.29 Å². The molecule has 5 nitrogen and oxygen atoms in total. The Morgan fingerprint density at radius 2 is 1.59 bits per heavy atom. The second-order valence-corrected chi connectivity index (χ2v) is 4.73. The molecule has 2 aliphatic heterocycles. The molecule has 0 aromatic rings. The van der Waals surface area contributed by atoms with E-state index in [-0.39, 0.29) is 5.54 Å². The monoisotopic (exact) mass is 244 g/mol. The van der Waals surface area contributed by atoms with Gasteiger partial charge in [0.2, 0.25) is 0 Å². The first kappa shape index (κ1) is 14.6. The number of hydrogen-bond donors (Lipinski definition) is 1. The van der Waals surface area contributed by atoms with Crippen LogP contribution in [0.5, 0.6) is 0 Å². The molecule has 0 aromatic carbocycles. The first-order valence-corrected chi connectivity index (χ1v) is 6.24. The lowest BCUT2D eigenvalue weighted by Gasteiger charge is -2.36. The summed E-state index contributed by atoms with van der Waals surface area (Å²) >= 11 is 0. The van der Waals surface area contributed by atoms with Crippen molar-refractivity contribution in [3.8, 4) is 0 Å². The van der Waals surface area contributed by atoms with E-state index >= 15 is 0 Å². The standard InChI is InChI=1S/C8H15NO2.C4H9NO/c1-8(2,7-10)9-3-5-11-6-4-9;1-3-6-4-2-5-1/h7H,3-6H2,1-2H3;5H,1-4H2. The number of nitrogens with one attached hydrogen (secondary N) is 1. The number of ether oxygens (including phenoxy) is 2. The van der Waals surface area contributed by atoms with Crippen LogP contribution in [0.4, 0.5) is 0 Å². The summed E-state index contributed by atoms with van der Waals surface area (Å²) in [5.41, 5.74) is -0.316. The third-order valence-electron chi connectivity index (χ3n) is 2.96. The SMILES string of the molecule is C1COCCN1.CC(C)(C=O)N1CCOCC1. The number of morpholine rings is 2. The van der Waals surface area contributed by atoms with Crippen LogP contribution in [0.25, 0.3) is 0 Å². The van der Waals surface area contributed by atoms with Gasteiger partial charge in [-0.2, -0.15) is 0 Å². The molecule has 0 saturated carbocycles. The Labute approximate surface area is 103 Å². The third kappa shape index (κ3) is 5.59. The average Bonchev–Trinajstić information content (AvgIpc) is 2.42. The van der Waals surface area contributed by atoms with Crippen LogP contribution in [0.15, 0.2) is 0 Å². The molecule has 2 heterocycles. The fraction of sp³-hybridized carbons (Fsp3) is 0.917. The Bertz CT molecular complexity index is 200. The van der Waals surface area contributed by atoms with E-state index in [0.717, 1.165) is 58.9 Å². The van der Waals surface area contributed by atoms with E-state index in [1.807, 2.05) is 13.8 Å². The number of hydrogen-bond acceptors (Lipinski definition) is 5. The Balaban J connectivity index is 0.000000202. The predicted octanol–water partition coefficient (Wildman–Crippen LogP) is -0.0977. The minimum Gasteiger partial charge on any atom is -0.379 e. The van der Waals surface area contributed by atoms with Gasteiger partial charge in [-0.1, -0.05) is 0 Å². The molecule has 5 heteroatoms. The van der Waals surface area contributed by atoms with Gasteiger partial charge < -0.3 is 19.6 Å². The van der Waals surface area contributed by atoms with Gasteiger partial charge >= 0.3 is 0 Å². The largest absolute Gasteiger partial charge is 0.379 e. The molecule has 17 heavy (non-hydrogen) atoms. The van der Waals surface area contributed by atoms with Crippen molar-refractivity contribution < 1.29 is 14.3 Å². The van der Waals surface area contributed by atoms with Gasteiger partial charge in [-0.15, -0.1) is 0 Å². The number of rotatable bonds is 2. The molecule has 0 aromatic heterocycles. The zero-order valence-corrected chi connectivity index (χ0v) is 10.9. The highest BCUT2D eigenvalue weighted by molar-refractivity contribution is 5.62. The van der Waals surface area contributed by atoms with Crippen molar-refractivity contribution in [3.05, 3.63) is 0 Å². The van der Waals surface area contributed by atoms with Gasteiger partial charge in [-0.3, -0.25) is 4.90 Å². The average molecular weight is 244 g/mol. The summed E-state index contributed by atoms with van der Waals surface area (Å²) in [5, 5.41) is 3.16. The summed E-state index contributed by atoms with van der Waals surface area (Å²) < 4.78 is 10.2. The van der Waals surface area contributed by atoms with E-state index in [0.29, 0.717) is 0 Å². The lowest BCUT2D eigenvalue weighted by Crippen LogP contribution is -2.50. The van der Waals surface area contributed by atoms with Gasteiger partial charge in [0.05, 0.1) is 32.0 Å². The van der Waals surface area contributed by atoms with Crippen molar-refractivity contribution in [3.63, 3.8) is 0 Å². The quantitative estimate of drug-likeness (QED) is 0.688. The first-order valence-electron chi connectivity index (χ1n) is 6.24. The third-order valence-corrected chi connectivity index (χ3v) is 2.96. The van der Waals surface area contributed by atoms with Crippen molar-refractivity contribution in [2.24, 2.45) is 0 Å². The number of carbonyl (C=O) groups is 1. The topological polar surface area (TPSA) is 50.8 Å². The maximum atomic E-state index is 10.6. The lowest BCUT2D eigenvalue weighted by atomic mass is 10.1. The summed E-state index contributed by atoms with van der Waals surface area (Å²) in [6, 6.07) is 0. The van der Waals surface area contributed by atoms with Crippen LogP contribution in [0.1, 0.15) is 13.8 Å². The number of nitrogens with zero attached hydrogens (tertiary/aromatic N) is 1. The van der Waals surface area contributed by atoms with Crippen molar-refractivity contribution in [2.45, 2.75) is 19.4 Å². The number of carbonyl (C=O) groups excluding carboxylic acids is 1. The predicted molar refractivity (Wildman–Crippen MR) is 66.2 cm³/mol. The lowest BCUT2D eigenvalue weighted by molar-refractivity contribution is -0.119. The number of aldehydes is 1. The molecule has 0 atom stereocenters. The van der Waals surface area contributed by atoms with E-state index in [2.05, 4.69) is 10.2 Å². The summed E-state index contributed by atoms with van der Waals surface area (Å²) in [4.78, 5) is 12.8. The molecular formula is C12H24N2O3. The van der Waals surface area contributed by atoms with Crippen molar-refractivity contribution in [2.75, 3.05) is 52.6 Å². The normalized spacial score (nSPS) is 22.5. The van der Waals surface area contributed by atoms with Crippen molar-refractivity contribution in [1.82, 2.24) is 10.2 Å². The van der Waals surface area contributed by atoms with Crippen LogP contribution in [0.2, 0.25) is 0 Å². The molecule has 0 radical (unpaired) electrons. The summed E-state index contributed by atoms with van der Waals surface area (Å²) in [6.07, 6.45) is 0.998. The molecule has 2 saturated heterocycles. The fourth-order valence-electron chi connectivity index (χ4n) is 1.73. The first-order chi connectivity index (χ1) is 8.17. The summed E-state index contributed by atoms with van der Waals surface area (Å²) in [5.74, 6) is 0. The van der Waals surface area contributed by atoms with Crippen molar-refractivity contribution in [1.29, 1.82) is 0 Å². The van der Waals surface area contributed by atoms with E-state index < -0.39 is 0 Å². The van der Waals surface area contributed by atoms with Gasteiger partial charge in [0, 0.05) is 26.2 Å². The molecule has 0 aliphatic carbocycles. The van der Waals surface area contributed by atoms with Crippen LogP contribution in [-0.4, -0.2) is 69.3 Å². The van der Waals surface area contributed by atoms with E-state index in [1.165, 1.54) is 0 Å². The Kier molecular flexibility index (Phi) is 6.65. The highest BCUT2D eigenvalue weighted by atomic mass is 16.5. The van der Waals surface area contributed by atoms with Crippen LogP contribution >= 0.6 is 0 Å². The molecule has 2 fully saturated rings. The molecule has 100 valence electrons. The van der Waals surface area contributed by atoms with Crippen LogP contribution in [-0.2, 0) is 14.3 Å². The smallest absolute Gasteiger partial charge is 0.139 e. The minimum atomic E-state index is -0.316. The molecule has 2 aliphatic rings. The van der Waals surface area contributed by atoms with E-state index in [4.69, 9.17) is 9.47 Å². The van der Waals surface area contributed by atoms with Crippen molar-refractivity contribution >= 4 is 6.29 Å². The van der Waals surface area contributed by atoms with Crippen LogP contribution in [0, 0.1) is 0 Å². The molecule has 0 unspecified atom stereocenters. The molecule has 0 amide bonds. The Hall–Kier alpha value is -0.490. The second-order valence-electron chi connectivity index (χ2n) is 4.73. The molecule has 0 bridgehead atoms.